The molecule has 0 amide bonds. The topological polar surface area (TPSA) is 36.6 Å². The van der Waals surface area contributed by atoms with Gasteiger partial charge >= 0.3 is 0 Å². The molecule has 0 unspecified atom stereocenters. The number of nitrogens with zero attached hydrogens (tertiary/aromatic N) is 1. The molecule has 1 aliphatic rings. The molecule has 0 atom stereocenters. The van der Waals surface area contributed by atoms with E-state index < -0.39 is 0 Å². The van der Waals surface area contributed by atoms with Crippen molar-refractivity contribution in [2.45, 2.75) is 12.6 Å². The fourth-order valence-electron chi connectivity index (χ4n) is 1.33. The van der Waals surface area contributed by atoms with Gasteiger partial charge in [0.15, 0.2) is 4.67 Å². The average Bonchev–Trinajstić information content (AvgIpc) is 2.33. The summed E-state index contributed by atoms with van der Waals surface area (Å²) in [5.74, 6) is 0.939. The summed E-state index contributed by atoms with van der Waals surface area (Å²) < 4.78 is 6.08. The summed E-state index contributed by atoms with van der Waals surface area (Å²) in [5.41, 5.74) is 0. The quantitative estimate of drug-likeness (QED) is 0.832. The van der Waals surface area contributed by atoms with Crippen molar-refractivity contribution in [2.75, 3.05) is 13.1 Å². The molecule has 1 aromatic rings. The van der Waals surface area contributed by atoms with E-state index in [1.165, 1.54) is 0 Å². The first-order valence-corrected chi connectivity index (χ1v) is 4.68. The fraction of sp³-hybridized carbons (Fsp3) is 0.500. The van der Waals surface area contributed by atoms with Gasteiger partial charge < -0.3 is 9.52 Å². The molecule has 1 aromatic heterocycles. The van der Waals surface area contributed by atoms with Gasteiger partial charge in [-0.25, -0.2) is 0 Å². The Bertz CT molecular complexity index is 268. The van der Waals surface area contributed by atoms with Crippen molar-refractivity contribution in [3.63, 3.8) is 0 Å². The Hall–Kier alpha value is -0.320. The Balaban J connectivity index is 1.88. The molecular formula is C8H10BrNO2. The van der Waals surface area contributed by atoms with E-state index in [0.717, 1.165) is 30.1 Å². The highest BCUT2D eigenvalue weighted by Gasteiger charge is 2.24. The molecule has 0 spiro atoms. The van der Waals surface area contributed by atoms with Crippen molar-refractivity contribution in [1.82, 2.24) is 4.90 Å². The summed E-state index contributed by atoms with van der Waals surface area (Å²) in [6, 6.07) is 3.82. The highest BCUT2D eigenvalue weighted by molar-refractivity contribution is 9.10. The van der Waals surface area contributed by atoms with Gasteiger partial charge in [-0.1, -0.05) is 0 Å². The molecule has 0 saturated carbocycles. The van der Waals surface area contributed by atoms with Gasteiger partial charge in [-0.05, 0) is 28.1 Å². The molecule has 0 radical (unpaired) electrons. The maximum absolute atomic E-state index is 9.02. The summed E-state index contributed by atoms with van der Waals surface area (Å²) >= 11 is 3.24. The zero-order chi connectivity index (χ0) is 8.55. The summed E-state index contributed by atoms with van der Waals surface area (Å²) in [6.45, 7) is 2.32. The Labute approximate surface area is 79.1 Å². The van der Waals surface area contributed by atoms with Crippen LogP contribution in [0.3, 0.4) is 0 Å². The number of hydrogen-bond acceptors (Lipinski definition) is 3. The lowest BCUT2D eigenvalue weighted by Crippen LogP contribution is -2.49. The van der Waals surface area contributed by atoms with E-state index >= 15 is 0 Å². The molecule has 12 heavy (non-hydrogen) atoms. The lowest BCUT2D eigenvalue weighted by atomic mass is 10.2. The minimum absolute atomic E-state index is 0.136. The minimum Gasteiger partial charge on any atom is -0.453 e. The standard InChI is InChI=1S/C8H10BrNO2/c9-8-2-1-7(12-8)5-10-3-6(11)4-10/h1-2,6,11H,3-5H2. The Kier molecular flexibility index (Phi) is 2.21. The first-order chi connectivity index (χ1) is 5.74. The maximum atomic E-state index is 9.02. The monoisotopic (exact) mass is 231 g/mol. The van der Waals surface area contributed by atoms with Crippen LogP contribution in [0.1, 0.15) is 5.76 Å². The fourth-order valence-corrected chi connectivity index (χ4v) is 1.67. The second-order valence-electron chi connectivity index (χ2n) is 3.05. The van der Waals surface area contributed by atoms with Crippen LogP contribution < -0.4 is 0 Å². The minimum atomic E-state index is -0.136. The number of halogens is 1. The normalized spacial score (nSPS) is 19.5. The van der Waals surface area contributed by atoms with E-state index in [-0.39, 0.29) is 6.10 Å². The summed E-state index contributed by atoms with van der Waals surface area (Å²) in [7, 11) is 0. The molecule has 2 rings (SSSR count). The number of aliphatic hydroxyl groups is 1. The molecular weight excluding hydrogens is 222 g/mol. The van der Waals surface area contributed by atoms with Crippen molar-refractivity contribution in [3.05, 3.63) is 22.6 Å². The number of likely N-dealkylation sites (tertiary alicyclic amines) is 1. The summed E-state index contributed by atoms with van der Waals surface area (Å²) in [5, 5.41) is 9.02. The van der Waals surface area contributed by atoms with Gasteiger partial charge in [0, 0.05) is 13.1 Å². The van der Waals surface area contributed by atoms with Gasteiger partial charge in [-0.15, -0.1) is 0 Å². The third-order valence-corrected chi connectivity index (χ3v) is 2.37. The van der Waals surface area contributed by atoms with Crippen LogP contribution in [0.15, 0.2) is 21.2 Å². The highest BCUT2D eigenvalue weighted by Crippen LogP contribution is 2.18. The van der Waals surface area contributed by atoms with Crippen molar-refractivity contribution < 1.29 is 9.52 Å². The Morgan fingerprint density at radius 1 is 1.58 bits per heavy atom. The van der Waals surface area contributed by atoms with Gasteiger partial charge in [-0.2, -0.15) is 0 Å². The lowest BCUT2D eigenvalue weighted by Gasteiger charge is -2.34. The van der Waals surface area contributed by atoms with E-state index in [9.17, 15) is 0 Å². The summed E-state index contributed by atoms with van der Waals surface area (Å²) in [4.78, 5) is 2.13. The van der Waals surface area contributed by atoms with Crippen LogP contribution in [0.5, 0.6) is 0 Å². The molecule has 1 saturated heterocycles. The average molecular weight is 232 g/mol. The smallest absolute Gasteiger partial charge is 0.169 e. The van der Waals surface area contributed by atoms with E-state index in [4.69, 9.17) is 9.52 Å². The molecule has 1 aliphatic heterocycles. The summed E-state index contributed by atoms with van der Waals surface area (Å²) in [6.07, 6.45) is -0.136. The third kappa shape index (κ3) is 1.71. The van der Waals surface area contributed by atoms with Crippen LogP contribution in [0.25, 0.3) is 0 Å². The highest BCUT2D eigenvalue weighted by atomic mass is 79.9. The molecule has 1 fully saturated rings. The van der Waals surface area contributed by atoms with E-state index in [1.54, 1.807) is 0 Å². The van der Waals surface area contributed by atoms with E-state index in [0.29, 0.717) is 0 Å². The van der Waals surface area contributed by atoms with Gasteiger partial charge in [0.05, 0.1) is 12.6 Å². The maximum Gasteiger partial charge on any atom is 0.169 e. The molecule has 0 aromatic carbocycles. The van der Waals surface area contributed by atoms with Gasteiger partial charge in [-0.3, -0.25) is 4.90 Å². The number of hydrogen-bond donors (Lipinski definition) is 1. The van der Waals surface area contributed by atoms with E-state index in [1.807, 2.05) is 12.1 Å². The second kappa shape index (κ2) is 3.20. The lowest BCUT2D eigenvalue weighted by molar-refractivity contribution is -0.00639. The molecule has 66 valence electrons. The van der Waals surface area contributed by atoms with Crippen molar-refractivity contribution in [3.8, 4) is 0 Å². The zero-order valence-corrected chi connectivity index (χ0v) is 8.12. The molecule has 1 N–H and O–H groups in total. The van der Waals surface area contributed by atoms with Gasteiger partial charge in [0.1, 0.15) is 5.76 Å². The second-order valence-corrected chi connectivity index (χ2v) is 3.84. The predicted molar refractivity (Wildman–Crippen MR) is 47.7 cm³/mol. The van der Waals surface area contributed by atoms with Crippen LogP contribution in [-0.2, 0) is 6.54 Å². The first kappa shape index (κ1) is 8.29. The SMILES string of the molecule is OC1CN(Cc2ccc(Br)o2)C1. The number of rotatable bonds is 2. The number of aliphatic hydroxyl groups excluding tert-OH is 1. The molecule has 0 aliphatic carbocycles. The third-order valence-electron chi connectivity index (χ3n) is 1.95. The molecule has 0 bridgehead atoms. The van der Waals surface area contributed by atoms with Crippen LogP contribution in [0, 0.1) is 0 Å². The van der Waals surface area contributed by atoms with Gasteiger partial charge in [0.25, 0.3) is 0 Å². The Morgan fingerprint density at radius 2 is 2.33 bits per heavy atom. The zero-order valence-electron chi connectivity index (χ0n) is 6.53. The molecule has 3 nitrogen and oxygen atoms in total. The van der Waals surface area contributed by atoms with Crippen LogP contribution in [0.2, 0.25) is 0 Å². The molecule has 4 heteroatoms. The van der Waals surface area contributed by atoms with Gasteiger partial charge in [0.2, 0.25) is 0 Å². The number of β-amino-alcohol motifs (C(OH)–C–C–N with tert-alkyl or cyclic N) is 1. The molecule has 2 heterocycles. The predicted octanol–water partition coefficient (Wildman–Crippen LogP) is 1.22. The Morgan fingerprint density at radius 3 is 2.83 bits per heavy atom. The van der Waals surface area contributed by atoms with Crippen LogP contribution >= 0.6 is 15.9 Å². The number of furan rings is 1. The van der Waals surface area contributed by atoms with Crippen molar-refractivity contribution in [1.29, 1.82) is 0 Å². The van der Waals surface area contributed by atoms with Crippen molar-refractivity contribution >= 4 is 15.9 Å². The largest absolute Gasteiger partial charge is 0.453 e. The van der Waals surface area contributed by atoms with Crippen molar-refractivity contribution in [2.24, 2.45) is 0 Å². The first-order valence-electron chi connectivity index (χ1n) is 3.88. The van der Waals surface area contributed by atoms with E-state index in [2.05, 4.69) is 20.8 Å². The van der Waals surface area contributed by atoms with Crippen LogP contribution in [0.4, 0.5) is 0 Å². The van der Waals surface area contributed by atoms with Crippen LogP contribution in [-0.4, -0.2) is 29.2 Å².